The van der Waals surface area contributed by atoms with Crippen LogP contribution >= 0.6 is 11.6 Å². The first-order chi connectivity index (χ1) is 14.5. The fraction of sp³-hybridized carbons (Fsp3) is 0.348. The Balaban J connectivity index is 1.42. The number of nitrogens with zero attached hydrogens (tertiary/aromatic N) is 2. The molecule has 7 heteroatoms. The van der Waals surface area contributed by atoms with E-state index < -0.39 is 5.92 Å². The van der Waals surface area contributed by atoms with Gasteiger partial charge in [-0.1, -0.05) is 36.7 Å². The van der Waals surface area contributed by atoms with E-state index in [0.717, 1.165) is 28.9 Å². The van der Waals surface area contributed by atoms with Crippen LogP contribution in [0.15, 0.2) is 42.5 Å². The van der Waals surface area contributed by atoms with Gasteiger partial charge in [0.15, 0.2) is 0 Å². The standard InChI is InChI=1S/C23H24ClN3O3/c1-2-21(28)26-10-9-15-11-18(7-8-20(15)26)27-14-17(12-22(27)29)23(30)25-13-16-5-3-4-6-19(16)24/h3-8,11,17H,2,9-10,12-14H2,1H3,(H,25,30)/t17-/m0/s1. The molecule has 1 N–H and O–H groups in total. The summed E-state index contributed by atoms with van der Waals surface area (Å²) in [4.78, 5) is 40.8. The predicted molar refractivity (Wildman–Crippen MR) is 117 cm³/mol. The van der Waals surface area contributed by atoms with E-state index in [4.69, 9.17) is 11.6 Å². The van der Waals surface area contributed by atoms with Crippen LogP contribution in [0, 0.1) is 5.92 Å². The Kier molecular flexibility index (Phi) is 5.77. The molecule has 0 aliphatic carbocycles. The van der Waals surface area contributed by atoms with Crippen LogP contribution in [0.2, 0.25) is 5.02 Å². The first-order valence-electron chi connectivity index (χ1n) is 10.2. The van der Waals surface area contributed by atoms with Gasteiger partial charge in [0.1, 0.15) is 0 Å². The van der Waals surface area contributed by atoms with E-state index in [-0.39, 0.29) is 24.1 Å². The molecule has 4 rings (SSSR count). The SMILES string of the molecule is CCC(=O)N1CCc2cc(N3C[C@@H](C(=O)NCc4ccccc4Cl)CC3=O)ccc21. The molecule has 0 saturated carbocycles. The summed E-state index contributed by atoms with van der Waals surface area (Å²) in [6, 6.07) is 13.1. The van der Waals surface area contributed by atoms with Gasteiger partial charge in [0.25, 0.3) is 0 Å². The van der Waals surface area contributed by atoms with Crippen molar-refractivity contribution in [2.45, 2.75) is 32.7 Å². The summed E-state index contributed by atoms with van der Waals surface area (Å²) in [6.45, 7) is 3.22. The molecule has 1 saturated heterocycles. The topological polar surface area (TPSA) is 69.7 Å². The lowest BCUT2D eigenvalue weighted by Crippen LogP contribution is -2.32. The number of amides is 3. The van der Waals surface area contributed by atoms with Gasteiger partial charge < -0.3 is 15.1 Å². The van der Waals surface area contributed by atoms with Gasteiger partial charge in [0.2, 0.25) is 17.7 Å². The number of rotatable bonds is 5. The molecule has 2 heterocycles. The lowest BCUT2D eigenvalue weighted by Gasteiger charge is -2.20. The molecule has 2 aliphatic heterocycles. The number of hydrogen-bond donors (Lipinski definition) is 1. The van der Waals surface area contributed by atoms with Gasteiger partial charge in [-0.2, -0.15) is 0 Å². The second-order valence-electron chi connectivity index (χ2n) is 7.68. The second kappa shape index (κ2) is 8.48. The fourth-order valence-electron chi connectivity index (χ4n) is 4.11. The highest BCUT2D eigenvalue weighted by Crippen LogP contribution is 2.34. The van der Waals surface area contributed by atoms with Crippen molar-refractivity contribution in [2.24, 2.45) is 5.92 Å². The zero-order chi connectivity index (χ0) is 21.3. The number of nitrogens with one attached hydrogen (secondary N) is 1. The van der Waals surface area contributed by atoms with E-state index in [9.17, 15) is 14.4 Å². The smallest absolute Gasteiger partial charge is 0.227 e. The van der Waals surface area contributed by atoms with Gasteiger partial charge in [-0.05, 0) is 41.8 Å². The third kappa shape index (κ3) is 3.92. The van der Waals surface area contributed by atoms with Crippen molar-refractivity contribution in [3.8, 4) is 0 Å². The van der Waals surface area contributed by atoms with Crippen molar-refractivity contribution in [1.82, 2.24) is 5.32 Å². The van der Waals surface area contributed by atoms with Crippen LogP contribution < -0.4 is 15.1 Å². The van der Waals surface area contributed by atoms with Crippen molar-refractivity contribution in [3.63, 3.8) is 0 Å². The monoisotopic (exact) mass is 425 g/mol. The van der Waals surface area contributed by atoms with Crippen LogP contribution in [0.1, 0.15) is 30.9 Å². The number of carbonyl (C=O) groups is 3. The zero-order valence-electron chi connectivity index (χ0n) is 16.9. The summed E-state index contributed by atoms with van der Waals surface area (Å²) in [6.07, 6.45) is 1.43. The van der Waals surface area contributed by atoms with Crippen LogP contribution in [0.25, 0.3) is 0 Å². The average molecular weight is 426 g/mol. The summed E-state index contributed by atoms with van der Waals surface area (Å²) in [7, 11) is 0. The second-order valence-corrected chi connectivity index (χ2v) is 8.08. The van der Waals surface area contributed by atoms with E-state index in [1.807, 2.05) is 43.3 Å². The molecule has 2 aliphatic rings. The highest BCUT2D eigenvalue weighted by atomic mass is 35.5. The summed E-state index contributed by atoms with van der Waals surface area (Å²) >= 11 is 6.14. The molecule has 0 bridgehead atoms. The third-order valence-electron chi connectivity index (χ3n) is 5.78. The Morgan fingerprint density at radius 3 is 2.77 bits per heavy atom. The van der Waals surface area contributed by atoms with Gasteiger partial charge in [0, 0.05) is 48.9 Å². The molecule has 6 nitrogen and oxygen atoms in total. The van der Waals surface area contributed by atoms with Crippen molar-refractivity contribution < 1.29 is 14.4 Å². The Hall–Kier alpha value is -2.86. The lowest BCUT2D eigenvalue weighted by molar-refractivity contribution is -0.126. The Labute approximate surface area is 180 Å². The van der Waals surface area contributed by atoms with Crippen LogP contribution in [0.5, 0.6) is 0 Å². The summed E-state index contributed by atoms with van der Waals surface area (Å²) in [5.74, 6) is -0.501. The molecule has 30 heavy (non-hydrogen) atoms. The first-order valence-corrected chi connectivity index (χ1v) is 10.6. The molecule has 2 aromatic rings. The molecule has 0 radical (unpaired) electrons. The maximum absolute atomic E-state index is 12.6. The van der Waals surface area contributed by atoms with Gasteiger partial charge in [-0.15, -0.1) is 0 Å². The maximum Gasteiger partial charge on any atom is 0.227 e. The van der Waals surface area contributed by atoms with Gasteiger partial charge in [-0.3, -0.25) is 14.4 Å². The van der Waals surface area contributed by atoms with E-state index in [1.54, 1.807) is 15.9 Å². The molecule has 0 spiro atoms. The highest BCUT2D eigenvalue weighted by molar-refractivity contribution is 6.31. The van der Waals surface area contributed by atoms with Gasteiger partial charge >= 0.3 is 0 Å². The minimum atomic E-state index is -0.397. The van der Waals surface area contributed by atoms with E-state index in [1.165, 1.54) is 0 Å². The Morgan fingerprint density at radius 1 is 1.20 bits per heavy atom. The minimum absolute atomic E-state index is 0.0627. The molecular formula is C23H24ClN3O3. The van der Waals surface area contributed by atoms with Gasteiger partial charge in [-0.25, -0.2) is 0 Å². The average Bonchev–Trinajstić information content (AvgIpc) is 3.35. The molecule has 1 fully saturated rings. The largest absolute Gasteiger partial charge is 0.352 e. The number of carbonyl (C=O) groups excluding carboxylic acids is 3. The highest BCUT2D eigenvalue weighted by Gasteiger charge is 2.35. The quantitative estimate of drug-likeness (QED) is 0.799. The van der Waals surface area contributed by atoms with Crippen LogP contribution in [-0.4, -0.2) is 30.8 Å². The number of fused-ring (bicyclic) bond motifs is 1. The normalized spacial score (nSPS) is 17.9. The third-order valence-corrected chi connectivity index (χ3v) is 6.15. The molecule has 156 valence electrons. The van der Waals surface area contributed by atoms with Crippen molar-refractivity contribution in [2.75, 3.05) is 22.9 Å². The van der Waals surface area contributed by atoms with Gasteiger partial charge in [0.05, 0.1) is 5.92 Å². The molecular weight excluding hydrogens is 402 g/mol. The van der Waals surface area contributed by atoms with E-state index in [2.05, 4.69) is 5.32 Å². The Morgan fingerprint density at radius 2 is 2.00 bits per heavy atom. The summed E-state index contributed by atoms with van der Waals surface area (Å²) in [5, 5.41) is 3.50. The molecule has 3 amide bonds. The van der Waals surface area contributed by atoms with Crippen molar-refractivity contribution in [1.29, 1.82) is 0 Å². The first kappa shape index (κ1) is 20.4. The number of anilines is 2. The zero-order valence-corrected chi connectivity index (χ0v) is 17.6. The predicted octanol–water partition coefficient (Wildman–Crippen LogP) is 3.31. The van der Waals surface area contributed by atoms with Crippen molar-refractivity contribution in [3.05, 3.63) is 58.6 Å². The van der Waals surface area contributed by atoms with Crippen LogP contribution in [0.4, 0.5) is 11.4 Å². The molecule has 2 aromatic carbocycles. The number of halogens is 1. The summed E-state index contributed by atoms with van der Waals surface area (Å²) in [5.41, 5.74) is 3.62. The van der Waals surface area contributed by atoms with Crippen molar-refractivity contribution >= 4 is 40.7 Å². The molecule has 0 aromatic heterocycles. The van der Waals surface area contributed by atoms with Crippen LogP contribution in [-0.2, 0) is 27.3 Å². The fourth-order valence-corrected chi connectivity index (χ4v) is 4.31. The lowest BCUT2D eigenvalue weighted by atomic mass is 10.1. The molecule has 1 atom stereocenters. The van der Waals surface area contributed by atoms with E-state index in [0.29, 0.717) is 31.1 Å². The number of hydrogen-bond acceptors (Lipinski definition) is 3. The Bertz CT molecular complexity index is 1010. The van der Waals surface area contributed by atoms with Crippen LogP contribution in [0.3, 0.4) is 0 Å². The number of benzene rings is 2. The summed E-state index contributed by atoms with van der Waals surface area (Å²) < 4.78 is 0. The van der Waals surface area contributed by atoms with E-state index >= 15 is 0 Å². The molecule has 0 unspecified atom stereocenters. The maximum atomic E-state index is 12.6. The minimum Gasteiger partial charge on any atom is -0.352 e.